The number of nitrogens with zero attached hydrogens (tertiary/aromatic N) is 1. The lowest BCUT2D eigenvalue weighted by Crippen LogP contribution is -2.20. The number of carbonyl (C=O) groups excluding carboxylic acids is 2. The maximum Gasteiger partial charge on any atom is 0.259 e. The van der Waals surface area contributed by atoms with Crippen molar-refractivity contribution in [2.24, 2.45) is 0 Å². The van der Waals surface area contributed by atoms with E-state index in [2.05, 4.69) is 10.3 Å². The molecule has 1 amide bonds. The predicted molar refractivity (Wildman–Crippen MR) is 95.9 cm³/mol. The average Bonchev–Trinajstić information content (AvgIpc) is 3.14. The van der Waals surface area contributed by atoms with E-state index in [0.29, 0.717) is 11.3 Å². The van der Waals surface area contributed by atoms with E-state index in [4.69, 9.17) is 0 Å². The lowest BCUT2D eigenvalue weighted by molar-refractivity contribution is -0.112. The number of hydrogen-bond donors (Lipinski definition) is 1. The smallest absolute Gasteiger partial charge is 0.259 e. The van der Waals surface area contributed by atoms with Gasteiger partial charge in [0, 0.05) is 16.6 Å². The number of anilines is 1. The molecule has 2 heterocycles. The summed E-state index contributed by atoms with van der Waals surface area (Å²) in [5, 5.41) is 4.62. The van der Waals surface area contributed by atoms with Crippen molar-refractivity contribution in [1.82, 2.24) is 4.98 Å². The van der Waals surface area contributed by atoms with Gasteiger partial charge in [0.05, 0.1) is 17.5 Å². The van der Waals surface area contributed by atoms with Crippen LogP contribution in [-0.4, -0.2) is 16.7 Å². The first-order valence-electron chi connectivity index (χ1n) is 7.30. The second kappa shape index (κ2) is 7.48. The molecule has 1 aromatic carbocycles. The number of amides is 1. The first-order chi connectivity index (χ1) is 11.7. The minimum atomic E-state index is -0.453. The summed E-state index contributed by atoms with van der Waals surface area (Å²) >= 11 is 1.47. The van der Waals surface area contributed by atoms with Crippen LogP contribution in [0.2, 0.25) is 0 Å². The van der Waals surface area contributed by atoms with Gasteiger partial charge in [0.15, 0.2) is 5.78 Å². The van der Waals surface area contributed by atoms with E-state index in [1.807, 2.05) is 23.6 Å². The Labute approximate surface area is 143 Å². The van der Waals surface area contributed by atoms with Gasteiger partial charge in [-0.15, -0.1) is 11.3 Å². The molecule has 0 aliphatic heterocycles. The highest BCUT2D eigenvalue weighted by atomic mass is 32.1. The van der Waals surface area contributed by atoms with E-state index in [1.54, 1.807) is 48.7 Å². The van der Waals surface area contributed by atoms with Gasteiger partial charge in [-0.3, -0.25) is 14.6 Å². The minimum Gasteiger partial charge on any atom is -0.320 e. The summed E-state index contributed by atoms with van der Waals surface area (Å²) in [6, 6.07) is 15.9. The van der Waals surface area contributed by atoms with Crippen LogP contribution in [0.15, 0.2) is 77.9 Å². The molecular weight excluding hydrogens is 320 g/mol. The maximum atomic E-state index is 12.8. The molecule has 0 atom stereocenters. The zero-order valence-electron chi connectivity index (χ0n) is 12.7. The highest BCUT2D eigenvalue weighted by Gasteiger charge is 2.20. The quantitative estimate of drug-likeness (QED) is 0.331. The molecule has 3 rings (SSSR count). The molecule has 4 nitrogen and oxygen atoms in total. The van der Waals surface area contributed by atoms with E-state index >= 15 is 0 Å². The first kappa shape index (κ1) is 15.8. The van der Waals surface area contributed by atoms with Crippen LogP contribution >= 0.6 is 11.3 Å². The Morgan fingerprint density at radius 1 is 1.00 bits per heavy atom. The van der Waals surface area contributed by atoms with Gasteiger partial charge in [-0.2, -0.15) is 0 Å². The second-order valence-corrected chi connectivity index (χ2v) is 5.94. The number of hydrogen-bond acceptors (Lipinski definition) is 4. The Balaban J connectivity index is 1.93. The molecule has 0 saturated carbocycles. The van der Waals surface area contributed by atoms with Crippen molar-refractivity contribution >= 4 is 34.8 Å². The fourth-order valence-corrected chi connectivity index (χ4v) is 2.79. The normalized spacial score (nSPS) is 11.1. The Kier molecular flexibility index (Phi) is 4.93. The lowest BCUT2D eigenvalue weighted by atomic mass is 10.0. The van der Waals surface area contributed by atoms with Crippen molar-refractivity contribution in [3.05, 3.63) is 88.4 Å². The fraction of sp³-hybridized carbons (Fsp3) is 0. The zero-order valence-corrected chi connectivity index (χ0v) is 13.5. The van der Waals surface area contributed by atoms with Crippen LogP contribution in [0.25, 0.3) is 6.08 Å². The third kappa shape index (κ3) is 3.83. The van der Waals surface area contributed by atoms with E-state index in [0.717, 1.165) is 4.88 Å². The highest BCUT2D eigenvalue weighted by molar-refractivity contribution is 7.10. The van der Waals surface area contributed by atoms with E-state index in [-0.39, 0.29) is 11.4 Å². The van der Waals surface area contributed by atoms with E-state index < -0.39 is 5.91 Å². The Bertz CT molecular complexity index is 857. The van der Waals surface area contributed by atoms with Crippen molar-refractivity contribution in [3.63, 3.8) is 0 Å². The summed E-state index contributed by atoms with van der Waals surface area (Å²) in [5.74, 6) is -0.768. The molecule has 118 valence electrons. The molecule has 0 fully saturated rings. The van der Waals surface area contributed by atoms with Crippen LogP contribution in [0.5, 0.6) is 0 Å². The molecule has 3 aromatic rings. The van der Waals surface area contributed by atoms with Crippen molar-refractivity contribution in [2.45, 2.75) is 0 Å². The molecule has 24 heavy (non-hydrogen) atoms. The predicted octanol–water partition coefficient (Wildman–Crippen LogP) is 4.05. The summed E-state index contributed by atoms with van der Waals surface area (Å²) in [4.78, 5) is 30.2. The third-order valence-corrected chi connectivity index (χ3v) is 4.09. The molecule has 0 saturated heterocycles. The summed E-state index contributed by atoms with van der Waals surface area (Å²) in [6.07, 6.45) is 4.77. The molecule has 0 radical (unpaired) electrons. The van der Waals surface area contributed by atoms with Gasteiger partial charge < -0.3 is 5.32 Å². The van der Waals surface area contributed by atoms with Crippen molar-refractivity contribution < 1.29 is 9.59 Å². The largest absolute Gasteiger partial charge is 0.320 e. The summed E-state index contributed by atoms with van der Waals surface area (Å²) in [5.41, 5.74) is 1.11. The van der Waals surface area contributed by atoms with Crippen LogP contribution in [0.3, 0.4) is 0 Å². The Hall–Kier alpha value is -3.05. The van der Waals surface area contributed by atoms with Gasteiger partial charge in [0.2, 0.25) is 0 Å². The Morgan fingerprint density at radius 3 is 2.50 bits per heavy atom. The molecule has 0 aliphatic carbocycles. The van der Waals surface area contributed by atoms with E-state index in [1.165, 1.54) is 17.5 Å². The number of benzene rings is 1. The molecule has 0 bridgehead atoms. The van der Waals surface area contributed by atoms with Gasteiger partial charge in [-0.05, 0) is 29.7 Å². The van der Waals surface area contributed by atoms with Gasteiger partial charge in [0.1, 0.15) is 0 Å². The van der Waals surface area contributed by atoms with Crippen molar-refractivity contribution in [1.29, 1.82) is 0 Å². The second-order valence-electron chi connectivity index (χ2n) is 4.96. The van der Waals surface area contributed by atoms with Gasteiger partial charge in [0.25, 0.3) is 5.91 Å². The molecular formula is C19H14N2O2S. The number of ketones is 1. The minimum absolute atomic E-state index is 0.0903. The number of rotatable bonds is 5. The number of thiophene rings is 1. The zero-order chi connectivity index (χ0) is 16.8. The van der Waals surface area contributed by atoms with Gasteiger partial charge in [-0.25, -0.2) is 0 Å². The fourth-order valence-electron chi connectivity index (χ4n) is 2.13. The highest BCUT2D eigenvalue weighted by Crippen LogP contribution is 2.18. The van der Waals surface area contributed by atoms with Crippen molar-refractivity contribution in [3.8, 4) is 0 Å². The first-order valence-corrected chi connectivity index (χ1v) is 8.18. The molecule has 5 heteroatoms. The number of Topliss-reactive ketones (excluding diaryl/α,β-unsaturated/α-hetero) is 1. The summed E-state index contributed by atoms with van der Waals surface area (Å²) in [7, 11) is 0. The summed E-state index contributed by atoms with van der Waals surface area (Å²) < 4.78 is 0. The number of carbonyl (C=O) groups is 2. The molecule has 1 N–H and O–H groups in total. The molecule has 0 spiro atoms. The van der Waals surface area contributed by atoms with Crippen LogP contribution < -0.4 is 5.32 Å². The topological polar surface area (TPSA) is 59.1 Å². The number of nitrogens with one attached hydrogen (secondary N) is 1. The SMILES string of the molecule is O=C(Nc1cccnc1)/C(=C\c1cccs1)C(=O)c1ccccc1. The van der Waals surface area contributed by atoms with E-state index in [9.17, 15) is 9.59 Å². The van der Waals surface area contributed by atoms with Gasteiger partial charge >= 0.3 is 0 Å². The molecule has 0 unspecified atom stereocenters. The standard InChI is InChI=1S/C19H14N2O2S/c22-18(14-6-2-1-3-7-14)17(12-16-9-5-11-24-16)19(23)21-15-8-4-10-20-13-15/h1-13H,(H,21,23)/b17-12-. The number of aromatic nitrogens is 1. The molecule has 0 aliphatic rings. The third-order valence-electron chi connectivity index (χ3n) is 3.27. The average molecular weight is 334 g/mol. The van der Waals surface area contributed by atoms with Crippen LogP contribution in [0.1, 0.15) is 15.2 Å². The number of pyridine rings is 1. The van der Waals surface area contributed by atoms with Crippen LogP contribution in [0, 0.1) is 0 Å². The monoisotopic (exact) mass is 334 g/mol. The van der Waals surface area contributed by atoms with Crippen LogP contribution in [0.4, 0.5) is 5.69 Å². The Morgan fingerprint density at radius 2 is 1.83 bits per heavy atom. The van der Waals surface area contributed by atoms with Gasteiger partial charge in [-0.1, -0.05) is 36.4 Å². The lowest BCUT2D eigenvalue weighted by Gasteiger charge is -2.08. The summed E-state index contributed by atoms with van der Waals surface area (Å²) in [6.45, 7) is 0. The van der Waals surface area contributed by atoms with Crippen LogP contribution in [-0.2, 0) is 4.79 Å². The van der Waals surface area contributed by atoms with Crippen molar-refractivity contribution in [2.75, 3.05) is 5.32 Å². The maximum absolute atomic E-state index is 12.8. The molecule has 2 aromatic heterocycles.